The number of halogens is 3. The number of alkyl halides is 3. The van der Waals surface area contributed by atoms with Gasteiger partial charge in [-0.25, -0.2) is 0 Å². The molecule has 0 unspecified atom stereocenters. The van der Waals surface area contributed by atoms with E-state index in [-0.39, 0.29) is 5.91 Å². The van der Waals surface area contributed by atoms with E-state index in [2.05, 4.69) is 11.9 Å². The van der Waals surface area contributed by atoms with E-state index in [1.165, 1.54) is 12.1 Å². The minimum Gasteiger partial charge on any atom is -0.343 e. The lowest BCUT2D eigenvalue weighted by molar-refractivity contribution is -0.137. The lowest BCUT2D eigenvalue weighted by Gasteiger charge is -2.11. The number of amides is 1. The van der Waals surface area contributed by atoms with E-state index < -0.39 is 11.7 Å². The summed E-state index contributed by atoms with van der Waals surface area (Å²) in [7, 11) is 0. The number of hydrogen-bond donors (Lipinski definition) is 1. The lowest BCUT2D eigenvalue weighted by Crippen LogP contribution is -2.08. The van der Waals surface area contributed by atoms with Crippen molar-refractivity contribution < 1.29 is 18.0 Å². The highest BCUT2D eigenvalue weighted by molar-refractivity contribution is 6.00. The first-order valence-electron chi connectivity index (χ1n) is 7.55. The first kappa shape index (κ1) is 16.8. The van der Waals surface area contributed by atoms with E-state index in [0.717, 1.165) is 23.0 Å². The number of carbonyl (C=O) groups excluding carboxylic acids is 1. The monoisotopic (exact) mass is 344 g/mol. The van der Waals surface area contributed by atoms with Gasteiger partial charge in [-0.1, -0.05) is 24.8 Å². The van der Waals surface area contributed by atoms with Crippen LogP contribution in [-0.4, -0.2) is 10.5 Å². The number of rotatable bonds is 4. The summed E-state index contributed by atoms with van der Waals surface area (Å²) < 4.78 is 40.4. The van der Waals surface area contributed by atoms with Gasteiger partial charge in [-0.15, -0.1) is 0 Å². The predicted octanol–water partition coefficient (Wildman–Crippen LogP) is 4.83. The SMILES string of the molecule is C=CC(=O)Nc1ccc2ccn(Cc3cccc(C(F)(F)F)c3)c2c1. The fraction of sp³-hybridized carbons (Fsp3) is 0.105. The molecule has 2 aromatic carbocycles. The second-order valence-corrected chi connectivity index (χ2v) is 5.61. The van der Waals surface area contributed by atoms with Crippen LogP contribution >= 0.6 is 0 Å². The first-order valence-corrected chi connectivity index (χ1v) is 7.55. The predicted molar refractivity (Wildman–Crippen MR) is 91.3 cm³/mol. The maximum atomic E-state index is 12.9. The molecule has 6 heteroatoms. The molecule has 0 aliphatic rings. The van der Waals surface area contributed by atoms with Crippen LogP contribution in [0.15, 0.2) is 67.4 Å². The van der Waals surface area contributed by atoms with Gasteiger partial charge in [0.1, 0.15) is 0 Å². The Labute approximate surface area is 142 Å². The summed E-state index contributed by atoms with van der Waals surface area (Å²) in [4.78, 5) is 11.4. The summed E-state index contributed by atoms with van der Waals surface area (Å²) in [5.41, 5.74) is 1.30. The van der Waals surface area contributed by atoms with E-state index in [9.17, 15) is 18.0 Å². The zero-order valence-electron chi connectivity index (χ0n) is 13.2. The molecule has 0 atom stereocenters. The van der Waals surface area contributed by atoms with Crippen molar-refractivity contribution in [2.45, 2.75) is 12.7 Å². The Morgan fingerprint density at radius 3 is 2.68 bits per heavy atom. The Balaban J connectivity index is 1.92. The van der Waals surface area contributed by atoms with Crippen LogP contribution < -0.4 is 5.32 Å². The summed E-state index contributed by atoms with van der Waals surface area (Å²) >= 11 is 0. The smallest absolute Gasteiger partial charge is 0.343 e. The molecule has 0 fully saturated rings. The van der Waals surface area contributed by atoms with E-state index in [0.29, 0.717) is 17.8 Å². The van der Waals surface area contributed by atoms with Crippen LogP contribution in [0.4, 0.5) is 18.9 Å². The number of benzene rings is 2. The fourth-order valence-corrected chi connectivity index (χ4v) is 2.64. The van der Waals surface area contributed by atoms with Gasteiger partial charge in [-0.2, -0.15) is 13.2 Å². The molecule has 1 aromatic heterocycles. The van der Waals surface area contributed by atoms with E-state index in [1.807, 2.05) is 22.9 Å². The standard InChI is InChI=1S/C19H15F3N2O/c1-2-18(25)23-16-7-6-14-8-9-24(17(14)11-16)12-13-4-3-5-15(10-13)19(20,21)22/h2-11H,1,12H2,(H,23,25). The molecule has 0 spiro atoms. The van der Waals surface area contributed by atoms with Crippen molar-refractivity contribution in [3.05, 3.63) is 78.5 Å². The molecule has 25 heavy (non-hydrogen) atoms. The third kappa shape index (κ3) is 3.74. The molecule has 1 amide bonds. The van der Waals surface area contributed by atoms with Crippen molar-refractivity contribution >= 4 is 22.5 Å². The molecule has 1 N–H and O–H groups in total. The van der Waals surface area contributed by atoms with Crippen LogP contribution in [0.1, 0.15) is 11.1 Å². The summed E-state index contributed by atoms with van der Waals surface area (Å²) in [6.07, 6.45) is -1.38. The van der Waals surface area contributed by atoms with Gasteiger partial charge < -0.3 is 9.88 Å². The van der Waals surface area contributed by atoms with Crippen LogP contribution in [0.25, 0.3) is 10.9 Å². The highest BCUT2D eigenvalue weighted by atomic mass is 19.4. The molecule has 0 radical (unpaired) electrons. The van der Waals surface area contributed by atoms with Gasteiger partial charge >= 0.3 is 6.18 Å². The molecule has 0 bridgehead atoms. The number of nitrogens with zero attached hydrogens (tertiary/aromatic N) is 1. The van der Waals surface area contributed by atoms with Gasteiger partial charge in [0.25, 0.3) is 0 Å². The zero-order chi connectivity index (χ0) is 18.0. The van der Waals surface area contributed by atoms with Gasteiger partial charge in [0.05, 0.1) is 11.1 Å². The zero-order valence-corrected chi connectivity index (χ0v) is 13.2. The summed E-state index contributed by atoms with van der Waals surface area (Å²) in [5.74, 6) is -0.324. The van der Waals surface area contributed by atoms with Gasteiger partial charge in [0.15, 0.2) is 0 Å². The molecule has 3 rings (SSSR count). The van der Waals surface area contributed by atoms with Crippen LogP contribution in [0, 0.1) is 0 Å². The Kier molecular flexibility index (Phi) is 4.35. The highest BCUT2D eigenvalue weighted by Crippen LogP contribution is 2.30. The highest BCUT2D eigenvalue weighted by Gasteiger charge is 2.30. The van der Waals surface area contributed by atoms with Crippen molar-refractivity contribution in [3.8, 4) is 0 Å². The maximum Gasteiger partial charge on any atom is 0.416 e. The van der Waals surface area contributed by atoms with Gasteiger partial charge in [-0.3, -0.25) is 4.79 Å². The number of fused-ring (bicyclic) bond motifs is 1. The van der Waals surface area contributed by atoms with Gasteiger partial charge in [0, 0.05) is 18.4 Å². The number of nitrogens with one attached hydrogen (secondary N) is 1. The van der Waals surface area contributed by atoms with Crippen molar-refractivity contribution in [1.82, 2.24) is 4.57 Å². The van der Waals surface area contributed by atoms with Crippen LogP contribution in [0.5, 0.6) is 0 Å². The van der Waals surface area contributed by atoms with Crippen molar-refractivity contribution in [3.63, 3.8) is 0 Å². The quantitative estimate of drug-likeness (QED) is 0.676. The molecule has 0 aliphatic heterocycles. The molecule has 3 aromatic rings. The lowest BCUT2D eigenvalue weighted by atomic mass is 10.1. The summed E-state index contributed by atoms with van der Waals surface area (Å²) in [5, 5.41) is 3.61. The van der Waals surface area contributed by atoms with Crippen LogP contribution in [-0.2, 0) is 17.5 Å². The Morgan fingerprint density at radius 2 is 1.96 bits per heavy atom. The second-order valence-electron chi connectivity index (χ2n) is 5.61. The molecular weight excluding hydrogens is 329 g/mol. The fourth-order valence-electron chi connectivity index (χ4n) is 2.64. The summed E-state index contributed by atoms with van der Waals surface area (Å²) in [6.45, 7) is 3.70. The normalized spacial score (nSPS) is 11.5. The third-order valence-corrected chi connectivity index (χ3v) is 3.83. The van der Waals surface area contributed by atoms with Gasteiger partial charge in [-0.05, 0) is 47.4 Å². The Bertz CT molecular complexity index is 941. The van der Waals surface area contributed by atoms with Crippen molar-refractivity contribution in [2.24, 2.45) is 0 Å². The third-order valence-electron chi connectivity index (χ3n) is 3.83. The largest absolute Gasteiger partial charge is 0.416 e. The van der Waals surface area contributed by atoms with Gasteiger partial charge in [0.2, 0.25) is 5.91 Å². The number of carbonyl (C=O) groups is 1. The van der Waals surface area contributed by atoms with E-state index >= 15 is 0 Å². The molecule has 128 valence electrons. The average Bonchev–Trinajstić information content (AvgIpc) is 2.96. The van der Waals surface area contributed by atoms with Crippen LogP contribution in [0.2, 0.25) is 0 Å². The molecular formula is C19H15F3N2O. The maximum absolute atomic E-state index is 12.9. The summed E-state index contributed by atoms with van der Waals surface area (Å²) in [6, 6.07) is 12.5. The molecule has 3 nitrogen and oxygen atoms in total. The van der Waals surface area contributed by atoms with E-state index in [4.69, 9.17) is 0 Å². The van der Waals surface area contributed by atoms with Crippen molar-refractivity contribution in [2.75, 3.05) is 5.32 Å². The van der Waals surface area contributed by atoms with E-state index in [1.54, 1.807) is 18.2 Å². The molecule has 0 aliphatic carbocycles. The molecule has 0 saturated carbocycles. The number of anilines is 1. The Hall–Kier alpha value is -3.02. The first-order chi connectivity index (χ1) is 11.9. The topological polar surface area (TPSA) is 34.0 Å². The minimum absolute atomic E-state index is 0.298. The molecule has 1 heterocycles. The molecule has 0 saturated heterocycles. The second kappa shape index (κ2) is 6.47. The average molecular weight is 344 g/mol. The minimum atomic E-state index is -4.36. The Morgan fingerprint density at radius 1 is 1.16 bits per heavy atom. The van der Waals surface area contributed by atoms with Crippen molar-refractivity contribution in [1.29, 1.82) is 0 Å². The number of hydrogen-bond acceptors (Lipinski definition) is 1. The number of aromatic nitrogens is 1. The van der Waals surface area contributed by atoms with Crippen LogP contribution in [0.3, 0.4) is 0 Å².